The Morgan fingerprint density at radius 2 is 2.19 bits per heavy atom. The summed E-state index contributed by atoms with van der Waals surface area (Å²) in [6.07, 6.45) is 2.04. The summed E-state index contributed by atoms with van der Waals surface area (Å²) in [7, 11) is 0. The molecule has 2 atom stereocenters. The second kappa shape index (κ2) is 4.34. The van der Waals surface area contributed by atoms with Crippen LogP contribution < -0.4 is 5.73 Å². The standard InChI is InChI=1S/C12H15F2NS/c1-12(6-3-7-16-12)11(15)8-4-2-5-9(13)10(8)14/h2,4-5,11H,3,6-7,15H2,1H3. The molecule has 4 heteroatoms. The van der Waals surface area contributed by atoms with E-state index >= 15 is 0 Å². The van der Waals surface area contributed by atoms with Gasteiger partial charge in [-0.1, -0.05) is 12.1 Å². The third-order valence-corrected chi connectivity index (χ3v) is 4.83. The van der Waals surface area contributed by atoms with E-state index in [0.717, 1.165) is 24.7 Å². The first-order valence-electron chi connectivity index (χ1n) is 5.38. The second-order valence-electron chi connectivity index (χ2n) is 4.39. The van der Waals surface area contributed by atoms with Gasteiger partial charge in [-0.05, 0) is 31.6 Å². The Labute approximate surface area is 98.4 Å². The molecule has 1 aromatic carbocycles. The molecule has 2 unspecified atom stereocenters. The zero-order valence-electron chi connectivity index (χ0n) is 9.17. The van der Waals surface area contributed by atoms with Gasteiger partial charge in [0.15, 0.2) is 11.6 Å². The van der Waals surface area contributed by atoms with Crippen molar-refractivity contribution in [3.63, 3.8) is 0 Å². The minimum absolute atomic E-state index is 0.172. The highest BCUT2D eigenvalue weighted by Gasteiger charge is 2.37. The van der Waals surface area contributed by atoms with Crippen LogP contribution in [0, 0.1) is 11.6 Å². The molecule has 0 saturated carbocycles. The number of halogens is 2. The molecule has 0 bridgehead atoms. The van der Waals surface area contributed by atoms with Crippen LogP contribution in [-0.4, -0.2) is 10.5 Å². The lowest BCUT2D eigenvalue weighted by atomic mass is 9.91. The van der Waals surface area contributed by atoms with E-state index < -0.39 is 17.7 Å². The van der Waals surface area contributed by atoms with Crippen LogP contribution in [0.15, 0.2) is 18.2 Å². The highest BCUT2D eigenvalue weighted by Crippen LogP contribution is 2.45. The van der Waals surface area contributed by atoms with Crippen molar-refractivity contribution in [2.45, 2.75) is 30.6 Å². The largest absolute Gasteiger partial charge is 0.323 e. The maximum atomic E-state index is 13.6. The lowest BCUT2D eigenvalue weighted by Crippen LogP contribution is -2.33. The molecule has 1 saturated heterocycles. The number of hydrogen-bond acceptors (Lipinski definition) is 2. The summed E-state index contributed by atoms with van der Waals surface area (Å²) < 4.78 is 26.6. The van der Waals surface area contributed by atoms with Gasteiger partial charge in [-0.25, -0.2) is 8.78 Å². The summed E-state index contributed by atoms with van der Waals surface area (Å²) in [6.45, 7) is 2.03. The fourth-order valence-electron chi connectivity index (χ4n) is 2.14. The van der Waals surface area contributed by atoms with Crippen LogP contribution in [0.25, 0.3) is 0 Å². The van der Waals surface area contributed by atoms with Crippen molar-refractivity contribution >= 4 is 11.8 Å². The second-order valence-corrected chi connectivity index (χ2v) is 6.01. The van der Waals surface area contributed by atoms with Gasteiger partial charge < -0.3 is 5.73 Å². The Hall–Kier alpha value is -0.610. The fraction of sp³-hybridized carbons (Fsp3) is 0.500. The molecule has 16 heavy (non-hydrogen) atoms. The first-order chi connectivity index (χ1) is 7.54. The molecule has 0 aliphatic carbocycles. The number of hydrogen-bond donors (Lipinski definition) is 1. The Morgan fingerprint density at radius 1 is 1.44 bits per heavy atom. The molecule has 0 spiro atoms. The van der Waals surface area contributed by atoms with Crippen LogP contribution >= 0.6 is 11.8 Å². The summed E-state index contributed by atoms with van der Waals surface area (Å²) in [5.74, 6) is -0.579. The number of rotatable bonds is 2. The Balaban J connectivity index is 2.33. The quantitative estimate of drug-likeness (QED) is 0.863. The molecule has 1 heterocycles. The van der Waals surface area contributed by atoms with Gasteiger partial charge in [0.1, 0.15) is 0 Å². The predicted octanol–water partition coefficient (Wildman–Crippen LogP) is 3.25. The molecular formula is C12H15F2NS. The predicted molar refractivity (Wildman–Crippen MR) is 63.4 cm³/mol. The fourth-order valence-corrected chi connectivity index (χ4v) is 3.49. The van der Waals surface area contributed by atoms with Crippen molar-refractivity contribution in [3.8, 4) is 0 Å². The van der Waals surface area contributed by atoms with Crippen molar-refractivity contribution in [1.82, 2.24) is 0 Å². The van der Waals surface area contributed by atoms with E-state index in [1.54, 1.807) is 17.8 Å². The lowest BCUT2D eigenvalue weighted by Gasteiger charge is -2.30. The van der Waals surface area contributed by atoms with Crippen molar-refractivity contribution in [2.75, 3.05) is 5.75 Å². The zero-order chi connectivity index (χ0) is 11.8. The monoisotopic (exact) mass is 243 g/mol. The summed E-state index contributed by atoms with van der Waals surface area (Å²) in [5, 5.41) is 0. The van der Waals surface area contributed by atoms with Gasteiger partial charge in [0.05, 0.1) is 0 Å². The average Bonchev–Trinajstić information content (AvgIpc) is 2.70. The van der Waals surface area contributed by atoms with Gasteiger partial charge in [-0.2, -0.15) is 11.8 Å². The van der Waals surface area contributed by atoms with Crippen LogP contribution in [0.4, 0.5) is 8.78 Å². The normalized spacial score (nSPS) is 27.0. The van der Waals surface area contributed by atoms with Crippen molar-refractivity contribution in [1.29, 1.82) is 0 Å². The SMILES string of the molecule is CC1(C(N)c2cccc(F)c2F)CCCS1. The van der Waals surface area contributed by atoms with Crippen LogP contribution in [-0.2, 0) is 0 Å². The Morgan fingerprint density at radius 3 is 2.81 bits per heavy atom. The van der Waals surface area contributed by atoms with Crippen LogP contribution in [0.1, 0.15) is 31.4 Å². The number of benzene rings is 1. The van der Waals surface area contributed by atoms with E-state index in [-0.39, 0.29) is 10.3 Å². The Kier molecular flexibility index (Phi) is 3.22. The third-order valence-electron chi connectivity index (χ3n) is 3.22. The molecule has 88 valence electrons. The average molecular weight is 243 g/mol. The summed E-state index contributed by atoms with van der Waals surface area (Å²) >= 11 is 1.75. The van der Waals surface area contributed by atoms with E-state index in [0.29, 0.717) is 0 Å². The molecule has 2 N–H and O–H groups in total. The number of nitrogens with two attached hydrogens (primary N) is 1. The highest BCUT2D eigenvalue weighted by molar-refractivity contribution is 8.00. The topological polar surface area (TPSA) is 26.0 Å². The Bertz CT molecular complexity index is 389. The van der Waals surface area contributed by atoms with E-state index in [1.807, 2.05) is 6.92 Å². The molecule has 1 aliphatic heterocycles. The summed E-state index contributed by atoms with van der Waals surface area (Å²) in [6, 6.07) is 3.76. The molecule has 1 fully saturated rings. The van der Waals surface area contributed by atoms with E-state index in [1.165, 1.54) is 6.07 Å². The minimum Gasteiger partial charge on any atom is -0.323 e. The van der Waals surface area contributed by atoms with Gasteiger partial charge in [0.2, 0.25) is 0 Å². The maximum absolute atomic E-state index is 13.6. The molecule has 0 radical (unpaired) electrons. The van der Waals surface area contributed by atoms with Crippen LogP contribution in [0.5, 0.6) is 0 Å². The first-order valence-corrected chi connectivity index (χ1v) is 6.36. The van der Waals surface area contributed by atoms with Crippen LogP contribution in [0.2, 0.25) is 0 Å². The first kappa shape index (κ1) is 11.9. The molecule has 1 nitrogen and oxygen atoms in total. The lowest BCUT2D eigenvalue weighted by molar-refractivity contribution is 0.450. The third kappa shape index (κ3) is 1.96. The van der Waals surface area contributed by atoms with Crippen molar-refractivity contribution in [2.24, 2.45) is 5.73 Å². The summed E-state index contributed by atoms with van der Waals surface area (Å²) in [5.41, 5.74) is 6.37. The molecule has 0 aromatic heterocycles. The number of thioether (sulfide) groups is 1. The van der Waals surface area contributed by atoms with E-state index in [9.17, 15) is 8.78 Å². The molecule has 1 aromatic rings. The van der Waals surface area contributed by atoms with Crippen LogP contribution in [0.3, 0.4) is 0 Å². The zero-order valence-corrected chi connectivity index (χ0v) is 9.99. The maximum Gasteiger partial charge on any atom is 0.163 e. The minimum atomic E-state index is -0.820. The van der Waals surface area contributed by atoms with Gasteiger partial charge in [0, 0.05) is 16.4 Å². The van der Waals surface area contributed by atoms with Gasteiger partial charge in [-0.3, -0.25) is 0 Å². The van der Waals surface area contributed by atoms with E-state index in [4.69, 9.17) is 5.73 Å². The molecule has 2 rings (SSSR count). The van der Waals surface area contributed by atoms with Crippen molar-refractivity contribution in [3.05, 3.63) is 35.4 Å². The smallest absolute Gasteiger partial charge is 0.163 e. The molecule has 1 aliphatic rings. The van der Waals surface area contributed by atoms with E-state index in [2.05, 4.69) is 0 Å². The summed E-state index contributed by atoms with van der Waals surface area (Å²) in [4.78, 5) is 0. The van der Waals surface area contributed by atoms with Gasteiger partial charge in [-0.15, -0.1) is 0 Å². The highest BCUT2D eigenvalue weighted by atomic mass is 32.2. The molecular weight excluding hydrogens is 228 g/mol. The van der Waals surface area contributed by atoms with Gasteiger partial charge in [0.25, 0.3) is 0 Å². The van der Waals surface area contributed by atoms with Gasteiger partial charge >= 0.3 is 0 Å². The molecule has 0 amide bonds. The van der Waals surface area contributed by atoms with Crippen molar-refractivity contribution < 1.29 is 8.78 Å².